The summed E-state index contributed by atoms with van der Waals surface area (Å²) in [5.74, 6) is -0.191. The number of likely N-dealkylation sites (tertiary alicyclic amines) is 1. The Hall–Kier alpha value is -1.83. The van der Waals surface area contributed by atoms with Gasteiger partial charge in [0.1, 0.15) is 29.7 Å². The first-order valence-electron chi connectivity index (χ1n) is 10.2. The first kappa shape index (κ1) is 17.1. The zero-order valence-corrected chi connectivity index (χ0v) is 15.9. The number of phenols is 2. The van der Waals surface area contributed by atoms with E-state index >= 15 is 0 Å². The molecule has 6 rings (SSSR count). The largest absolute Gasteiger partial charge is 0.504 e. The van der Waals surface area contributed by atoms with Crippen molar-refractivity contribution in [3.63, 3.8) is 0 Å². The van der Waals surface area contributed by atoms with Crippen molar-refractivity contribution in [2.24, 2.45) is 5.92 Å². The number of hydrogen-bond acceptors (Lipinski definition) is 6. The maximum absolute atomic E-state index is 12.9. The maximum atomic E-state index is 12.9. The van der Waals surface area contributed by atoms with Crippen molar-refractivity contribution in [1.82, 2.24) is 0 Å². The summed E-state index contributed by atoms with van der Waals surface area (Å²) in [6.45, 7) is 1.34. The highest BCUT2D eigenvalue weighted by Gasteiger charge is 2.80. The van der Waals surface area contributed by atoms with Gasteiger partial charge in [-0.3, -0.25) is 4.79 Å². The predicted octanol–water partition coefficient (Wildman–Crippen LogP) is 0.346. The first-order valence-corrected chi connectivity index (χ1v) is 10.2. The zero-order valence-electron chi connectivity index (χ0n) is 15.9. The topological polar surface area (TPSA) is 107 Å². The molecular weight excluding hydrogens is 362 g/mol. The summed E-state index contributed by atoms with van der Waals surface area (Å²) in [5.41, 5.74) is -1.28. The van der Waals surface area contributed by atoms with Crippen molar-refractivity contribution >= 4 is 5.78 Å². The number of aromatic hydroxyl groups is 2. The third-order valence-corrected chi connectivity index (χ3v) is 8.35. The molecule has 0 aromatic heterocycles. The van der Waals surface area contributed by atoms with Crippen LogP contribution in [0.2, 0.25) is 0 Å². The van der Waals surface area contributed by atoms with Crippen LogP contribution in [-0.4, -0.2) is 74.7 Å². The van der Waals surface area contributed by atoms with Gasteiger partial charge in [0.25, 0.3) is 0 Å². The highest BCUT2D eigenvalue weighted by atomic mass is 16.5. The van der Waals surface area contributed by atoms with Crippen LogP contribution in [0.25, 0.3) is 0 Å². The van der Waals surface area contributed by atoms with Crippen LogP contribution in [0.4, 0.5) is 0 Å². The van der Waals surface area contributed by atoms with Gasteiger partial charge in [-0.25, -0.2) is 0 Å². The van der Waals surface area contributed by atoms with Gasteiger partial charge >= 0.3 is 0 Å². The average Bonchev–Trinajstić information content (AvgIpc) is 3.34. The second-order valence-corrected chi connectivity index (χ2v) is 9.89. The molecule has 150 valence electrons. The number of ketones is 1. The van der Waals surface area contributed by atoms with Crippen LogP contribution in [0, 0.1) is 5.92 Å². The normalized spacial score (nSPS) is 45.5. The van der Waals surface area contributed by atoms with Gasteiger partial charge in [-0.2, -0.15) is 0 Å². The fourth-order valence-electron chi connectivity index (χ4n) is 7.12. The molecule has 0 unspecified atom stereocenters. The minimum Gasteiger partial charge on any atom is -0.504 e. The Balaban J connectivity index is 1.65. The molecule has 2 saturated carbocycles. The van der Waals surface area contributed by atoms with Gasteiger partial charge in [0, 0.05) is 24.3 Å². The molecule has 7 heteroatoms. The Labute approximate surface area is 162 Å². The van der Waals surface area contributed by atoms with Crippen molar-refractivity contribution < 1.29 is 34.4 Å². The number of benzene rings is 1. The van der Waals surface area contributed by atoms with E-state index in [2.05, 4.69) is 7.05 Å². The van der Waals surface area contributed by atoms with E-state index < -0.39 is 29.0 Å². The second-order valence-electron chi connectivity index (χ2n) is 9.89. The Kier molecular flexibility index (Phi) is 2.94. The van der Waals surface area contributed by atoms with E-state index in [0.717, 1.165) is 12.1 Å². The number of likely N-dealkylation sites (N-methyl/N-ethyl adjacent to an activating group) is 1. The van der Waals surface area contributed by atoms with E-state index in [1.165, 1.54) is 18.9 Å². The number of quaternary nitrogens is 1. The fraction of sp³-hybridized carbons (Fsp3) is 0.667. The van der Waals surface area contributed by atoms with Crippen LogP contribution in [0.1, 0.15) is 36.8 Å². The molecular formula is C21H26NO6+. The lowest BCUT2D eigenvalue weighted by molar-refractivity contribution is -0.954. The second kappa shape index (κ2) is 4.83. The van der Waals surface area contributed by atoms with Crippen molar-refractivity contribution in [3.05, 3.63) is 17.2 Å². The van der Waals surface area contributed by atoms with E-state index in [4.69, 9.17) is 4.74 Å². The number of hydrogen-bond donors (Lipinski definition) is 4. The van der Waals surface area contributed by atoms with Crippen LogP contribution in [0.3, 0.4) is 0 Å². The smallest absolute Gasteiger partial charge is 0.200 e. The minimum absolute atomic E-state index is 0.0597. The standard InChI is InChI=1S/C21H25NO6/c1-22(8-10-2-3-10)9-15(25)21-16-11-6-13(24)17(26)18(16)28-19(21)12(23)4-5-20(21,27)14(22)7-11/h6,10,14-15,19,25,27H,2-5,7-9H2,1H3,(H-,24,26)/p+1/t14-,15-,19+,20-,21+,22+/m1/s1. The molecule has 1 saturated heterocycles. The summed E-state index contributed by atoms with van der Waals surface area (Å²) < 4.78 is 6.47. The summed E-state index contributed by atoms with van der Waals surface area (Å²) in [6.07, 6.45) is 1.35. The average molecular weight is 388 g/mol. The molecule has 5 aliphatic rings. The van der Waals surface area contributed by atoms with E-state index in [0.29, 0.717) is 28.9 Å². The summed E-state index contributed by atoms with van der Waals surface area (Å²) in [7, 11) is 2.10. The van der Waals surface area contributed by atoms with Gasteiger partial charge in [-0.1, -0.05) is 0 Å². The van der Waals surface area contributed by atoms with Gasteiger partial charge < -0.3 is 29.6 Å². The third-order valence-electron chi connectivity index (χ3n) is 8.35. The van der Waals surface area contributed by atoms with E-state index in [1.54, 1.807) is 0 Å². The SMILES string of the molecule is C[N@+]1(CC2CC2)C[C@@H](O)[C@]23c4c5cc(O)c(O)c4O[C@H]2C(=O)CC[C@@]3(O)[C@H]1C5. The Morgan fingerprint density at radius 3 is 2.79 bits per heavy atom. The minimum atomic E-state index is -1.30. The van der Waals surface area contributed by atoms with Crippen LogP contribution in [0.5, 0.6) is 17.2 Å². The molecule has 0 radical (unpaired) electrons. The molecule has 0 amide bonds. The number of aliphatic hydroxyl groups excluding tert-OH is 1. The molecule has 3 aliphatic carbocycles. The fourth-order valence-corrected chi connectivity index (χ4v) is 7.12. The predicted molar refractivity (Wildman–Crippen MR) is 97.2 cm³/mol. The first-order chi connectivity index (χ1) is 13.2. The number of Topliss-reactive ketones (excluding diaryl/α,β-unsaturated/α-hetero) is 1. The van der Waals surface area contributed by atoms with Crippen LogP contribution in [0.15, 0.2) is 6.07 Å². The van der Waals surface area contributed by atoms with Gasteiger partial charge in [-0.15, -0.1) is 0 Å². The van der Waals surface area contributed by atoms with Crippen molar-refractivity contribution in [3.8, 4) is 17.2 Å². The molecule has 1 aromatic carbocycles. The lowest BCUT2D eigenvalue weighted by atomic mass is 9.47. The molecule has 2 bridgehead atoms. The Bertz CT molecular complexity index is 928. The Morgan fingerprint density at radius 1 is 1.32 bits per heavy atom. The summed E-state index contributed by atoms with van der Waals surface area (Å²) in [4.78, 5) is 12.9. The summed E-state index contributed by atoms with van der Waals surface area (Å²) >= 11 is 0. The molecule has 1 aromatic rings. The maximum Gasteiger partial charge on any atom is 0.200 e. The third kappa shape index (κ3) is 1.67. The monoisotopic (exact) mass is 388 g/mol. The number of rotatable bonds is 2. The highest BCUT2D eigenvalue weighted by molar-refractivity contribution is 5.90. The summed E-state index contributed by atoms with van der Waals surface area (Å²) in [5, 5.41) is 44.4. The number of ether oxygens (including phenoxy) is 1. The number of phenolic OH excluding ortho intramolecular Hbond substituents is 2. The van der Waals surface area contributed by atoms with Gasteiger partial charge in [0.15, 0.2) is 23.4 Å². The molecule has 7 nitrogen and oxygen atoms in total. The Morgan fingerprint density at radius 2 is 2.07 bits per heavy atom. The van der Waals surface area contributed by atoms with E-state index in [9.17, 15) is 25.2 Å². The van der Waals surface area contributed by atoms with Crippen molar-refractivity contribution in [2.45, 2.75) is 61.4 Å². The van der Waals surface area contributed by atoms with Crippen molar-refractivity contribution in [2.75, 3.05) is 20.1 Å². The van der Waals surface area contributed by atoms with Gasteiger partial charge in [0.05, 0.1) is 13.6 Å². The number of nitrogens with zero attached hydrogens (tertiary/aromatic N) is 1. The number of carbonyl (C=O) groups is 1. The van der Waals surface area contributed by atoms with E-state index in [-0.39, 0.29) is 36.2 Å². The van der Waals surface area contributed by atoms with Crippen LogP contribution in [-0.2, 0) is 16.6 Å². The van der Waals surface area contributed by atoms with Crippen LogP contribution < -0.4 is 4.74 Å². The zero-order chi connectivity index (χ0) is 19.6. The molecule has 28 heavy (non-hydrogen) atoms. The molecule has 6 atom stereocenters. The lowest BCUT2D eigenvalue weighted by Crippen LogP contribution is -2.85. The molecule has 2 aliphatic heterocycles. The molecule has 4 N–H and O–H groups in total. The lowest BCUT2D eigenvalue weighted by Gasteiger charge is -2.65. The summed E-state index contributed by atoms with van der Waals surface area (Å²) in [6, 6.07) is 1.32. The number of aliphatic hydroxyl groups is 2. The van der Waals surface area contributed by atoms with Gasteiger partial charge in [0.2, 0.25) is 5.75 Å². The molecule has 2 heterocycles. The molecule has 1 spiro atoms. The van der Waals surface area contributed by atoms with Gasteiger partial charge in [-0.05, 0) is 30.9 Å². The van der Waals surface area contributed by atoms with E-state index in [1.807, 2.05) is 0 Å². The van der Waals surface area contributed by atoms with Crippen molar-refractivity contribution in [1.29, 1.82) is 0 Å². The number of carbonyl (C=O) groups excluding carboxylic acids is 1. The quantitative estimate of drug-likeness (QED) is 0.430. The number of piperidine rings is 1. The highest BCUT2D eigenvalue weighted by Crippen LogP contribution is 2.66. The van der Waals surface area contributed by atoms with Crippen LogP contribution >= 0.6 is 0 Å². The molecule has 3 fully saturated rings.